The molecular formula is C7H9BrN2O. The minimum atomic E-state index is 0.822. The van der Waals surface area contributed by atoms with Gasteiger partial charge in [-0.2, -0.15) is 5.10 Å². The minimum Gasteiger partial charge on any atom is -0.478 e. The van der Waals surface area contributed by atoms with E-state index >= 15 is 0 Å². The second-order valence-corrected chi connectivity index (χ2v) is 3.09. The molecular weight excluding hydrogens is 208 g/mol. The fraction of sp³-hybridized carbons (Fsp3) is 0.571. The zero-order chi connectivity index (χ0) is 7.68. The molecule has 0 aromatic carbocycles. The predicted molar refractivity (Wildman–Crippen MR) is 45.0 cm³/mol. The molecule has 1 aliphatic heterocycles. The Labute approximate surface area is 73.5 Å². The van der Waals surface area contributed by atoms with Crippen LogP contribution in [0.4, 0.5) is 0 Å². The zero-order valence-corrected chi connectivity index (χ0v) is 7.67. The molecule has 4 heteroatoms. The number of aromatic nitrogens is 2. The highest BCUT2D eigenvalue weighted by molar-refractivity contribution is 9.08. The number of rotatable bonds is 1. The van der Waals surface area contributed by atoms with Crippen molar-refractivity contribution in [3.05, 3.63) is 11.8 Å². The number of aryl methyl sites for hydroxylation is 1. The van der Waals surface area contributed by atoms with Crippen LogP contribution in [0.2, 0.25) is 0 Å². The Morgan fingerprint density at radius 2 is 2.64 bits per heavy atom. The molecule has 0 N–H and O–H groups in total. The van der Waals surface area contributed by atoms with Crippen LogP contribution < -0.4 is 4.74 Å². The summed E-state index contributed by atoms with van der Waals surface area (Å²) in [5.41, 5.74) is 1.14. The first kappa shape index (κ1) is 7.16. The topological polar surface area (TPSA) is 27.1 Å². The van der Waals surface area contributed by atoms with Crippen LogP contribution in [0.3, 0.4) is 0 Å². The molecule has 0 bridgehead atoms. The molecule has 0 spiro atoms. The molecule has 0 saturated carbocycles. The van der Waals surface area contributed by atoms with Gasteiger partial charge in [-0.3, -0.25) is 0 Å². The number of hydrogen-bond donors (Lipinski definition) is 0. The molecule has 1 aromatic rings. The van der Waals surface area contributed by atoms with Gasteiger partial charge in [-0.1, -0.05) is 15.9 Å². The first-order valence-corrected chi connectivity index (χ1v) is 4.77. The number of ether oxygens (including phenoxy) is 1. The van der Waals surface area contributed by atoms with Crippen LogP contribution in [-0.4, -0.2) is 16.4 Å². The maximum absolute atomic E-state index is 5.46. The zero-order valence-electron chi connectivity index (χ0n) is 6.09. The maximum Gasteiger partial charge on any atom is 0.215 e. The van der Waals surface area contributed by atoms with Gasteiger partial charge in [-0.05, 0) is 0 Å². The quantitative estimate of drug-likeness (QED) is 0.667. The second-order valence-electron chi connectivity index (χ2n) is 2.53. The molecule has 2 heterocycles. The van der Waals surface area contributed by atoms with Crippen LogP contribution >= 0.6 is 15.9 Å². The Morgan fingerprint density at radius 1 is 1.73 bits per heavy atom. The molecule has 11 heavy (non-hydrogen) atoms. The van der Waals surface area contributed by atoms with Gasteiger partial charge < -0.3 is 4.74 Å². The lowest BCUT2D eigenvalue weighted by atomic mass is 10.3. The van der Waals surface area contributed by atoms with Gasteiger partial charge in [0.1, 0.15) is 0 Å². The molecule has 0 unspecified atom stereocenters. The molecule has 60 valence electrons. The smallest absolute Gasteiger partial charge is 0.215 e. The van der Waals surface area contributed by atoms with Gasteiger partial charge in [0, 0.05) is 23.9 Å². The number of alkyl halides is 1. The van der Waals surface area contributed by atoms with Crippen molar-refractivity contribution in [1.29, 1.82) is 0 Å². The fourth-order valence-electron chi connectivity index (χ4n) is 1.21. The van der Waals surface area contributed by atoms with E-state index in [9.17, 15) is 0 Å². The average Bonchev–Trinajstić information content (AvgIpc) is 2.47. The Balaban J connectivity index is 2.38. The van der Waals surface area contributed by atoms with Crippen molar-refractivity contribution in [2.75, 3.05) is 6.61 Å². The van der Waals surface area contributed by atoms with Gasteiger partial charge in [0.15, 0.2) is 0 Å². The van der Waals surface area contributed by atoms with E-state index in [2.05, 4.69) is 21.0 Å². The van der Waals surface area contributed by atoms with Gasteiger partial charge in [-0.15, -0.1) is 0 Å². The van der Waals surface area contributed by atoms with Crippen LogP contribution in [0.25, 0.3) is 0 Å². The summed E-state index contributed by atoms with van der Waals surface area (Å²) in [5, 5.41) is 5.01. The monoisotopic (exact) mass is 216 g/mol. The highest BCUT2D eigenvalue weighted by atomic mass is 79.9. The predicted octanol–water partition coefficient (Wildman–Crippen LogP) is 1.56. The molecule has 0 saturated heterocycles. The van der Waals surface area contributed by atoms with Crippen molar-refractivity contribution in [3.8, 4) is 5.88 Å². The SMILES string of the molecule is BrCc1cnn2c1OCCC2. The molecule has 2 rings (SSSR count). The van der Waals surface area contributed by atoms with Crippen LogP contribution in [0, 0.1) is 0 Å². The average molecular weight is 217 g/mol. The molecule has 1 aromatic heterocycles. The van der Waals surface area contributed by atoms with Crippen LogP contribution in [0.15, 0.2) is 6.20 Å². The normalized spacial score (nSPS) is 15.7. The van der Waals surface area contributed by atoms with Gasteiger partial charge in [-0.25, -0.2) is 4.68 Å². The molecule has 0 fully saturated rings. The Bertz CT molecular complexity index is 245. The van der Waals surface area contributed by atoms with E-state index in [4.69, 9.17) is 4.74 Å². The van der Waals surface area contributed by atoms with Gasteiger partial charge in [0.2, 0.25) is 5.88 Å². The number of fused-ring (bicyclic) bond motifs is 1. The van der Waals surface area contributed by atoms with E-state index in [0.717, 1.165) is 36.3 Å². The van der Waals surface area contributed by atoms with Crippen molar-refractivity contribution in [1.82, 2.24) is 9.78 Å². The van der Waals surface area contributed by atoms with E-state index in [1.54, 1.807) is 0 Å². The summed E-state index contributed by atoms with van der Waals surface area (Å²) in [6.07, 6.45) is 2.92. The number of hydrogen-bond acceptors (Lipinski definition) is 2. The van der Waals surface area contributed by atoms with Gasteiger partial charge in [0.05, 0.1) is 12.8 Å². The number of halogens is 1. The van der Waals surface area contributed by atoms with E-state index in [-0.39, 0.29) is 0 Å². The van der Waals surface area contributed by atoms with Crippen LogP contribution in [0.5, 0.6) is 5.88 Å². The summed E-state index contributed by atoms with van der Waals surface area (Å²) in [6, 6.07) is 0. The number of nitrogens with zero attached hydrogens (tertiary/aromatic N) is 2. The van der Waals surface area contributed by atoms with Crippen molar-refractivity contribution >= 4 is 15.9 Å². The summed E-state index contributed by atoms with van der Waals surface area (Å²) in [4.78, 5) is 0. The first-order valence-electron chi connectivity index (χ1n) is 3.65. The van der Waals surface area contributed by atoms with Crippen molar-refractivity contribution in [3.63, 3.8) is 0 Å². The van der Waals surface area contributed by atoms with Crippen molar-refractivity contribution in [2.45, 2.75) is 18.3 Å². The largest absolute Gasteiger partial charge is 0.478 e. The molecule has 1 aliphatic rings. The Morgan fingerprint density at radius 3 is 3.45 bits per heavy atom. The van der Waals surface area contributed by atoms with Crippen LogP contribution in [-0.2, 0) is 11.9 Å². The summed E-state index contributed by atoms with van der Waals surface area (Å²) in [7, 11) is 0. The van der Waals surface area contributed by atoms with Gasteiger partial charge >= 0.3 is 0 Å². The Hall–Kier alpha value is -0.510. The second kappa shape index (κ2) is 2.85. The summed E-state index contributed by atoms with van der Waals surface area (Å²) in [5.74, 6) is 0.938. The fourth-order valence-corrected chi connectivity index (χ4v) is 1.60. The van der Waals surface area contributed by atoms with Crippen molar-refractivity contribution < 1.29 is 4.74 Å². The van der Waals surface area contributed by atoms with E-state index in [1.807, 2.05) is 10.9 Å². The third kappa shape index (κ3) is 1.15. The lowest BCUT2D eigenvalue weighted by molar-refractivity contribution is 0.229. The minimum absolute atomic E-state index is 0.822. The third-order valence-corrected chi connectivity index (χ3v) is 2.36. The van der Waals surface area contributed by atoms with E-state index < -0.39 is 0 Å². The molecule has 0 atom stereocenters. The van der Waals surface area contributed by atoms with Gasteiger partial charge in [0.25, 0.3) is 0 Å². The Kier molecular flexibility index (Phi) is 1.85. The van der Waals surface area contributed by atoms with E-state index in [1.165, 1.54) is 0 Å². The van der Waals surface area contributed by atoms with Crippen LogP contribution in [0.1, 0.15) is 12.0 Å². The molecule has 3 nitrogen and oxygen atoms in total. The highest BCUT2D eigenvalue weighted by Crippen LogP contribution is 2.23. The lowest BCUT2D eigenvalue weighted by Crippen LogP contribution is -2.15. The highest BCUT2D eigenvalue weighted by Gasteiger charge is 2.14. The summed E-state index contributed by atoms with van der Waals surface area (Å²) in [6.45, 7) is 1.81. The maximum atomic E-state index is 5.46. The summed E-state index contributed by atoms with van der Waals surface area (Å²) >= 11 is 3.38. The molecule has 0 aliphatic carbocycles. The van der Waals surface area contributed by atoms with E-state index in [0.29, 0.717) is 0 Å². The third-order valence-electron chi connectivity index (χ3n) is 1.76. The lowest BCUT2D eigenvalue weighted by Gasteiger charge is -2.15. The standard InChI is InChI=1S/C7H9BrN2O/c8-4-6-5-9-10-2-1-3-11-7(6)10/h5H,1-4H2. The first-order chi connectivity index (χ1) is 5.42. The molecule has 0 radical (unpaired) electrons. The molecule has 0 amide bonds. The summed E-state index contributed by atoms with van der Waals surface area (Å²) < 4.78 is 7.37. The van der Waals surface area contributed by atoms with Crippen molar-refractivity contribution in [2.24, 2.45) is 0 Å².